The summed E-state index contributed by atoms with van der Waals surface area (Å²) in [5.41, 5.74) is 3.28. The van der Waals surface area contributed by atoms with Crippen molar-refractivity contribution in [3.63, 3.8) is 0 Å². The topological polar surface area (TPSA) is 45.9 Å². The quantitative estimate of drug-likeness (QED) is 0.526. The number of aromatic nitrogens is 1. The third-order valence-electron chi connectivity index (χ3n) is 3.50. The highest BCUT2D eigenvalue weighted by Crippen LogP contribution is 2.28. The van der Waals surface area contributed by atoms with Crippen LogP contribution in [0, 0.1) is 11.3 Å². The van der Waals surface area contributed by atoms with Crippen LogP contribution in [0.2, 0.25) is 5.02 Å². The third-order valence-corrected chi connectivity index (χ3v) is 4.62. The predicted molar refractivity (Wildman–Crippen MR) is 104 cm³/mol. The van der Waals surface area contributed by atoms with Crippen molar-refractivity contribution < 1.29 is 4.74 Å². The second-order valence-electron chi connectivity index (χ2n) is 5.22. The summed E-state index contributed by atoms with van der Waals surface area (Å²) < 4.78 is 5.43. The number of rotatable bonds is 5. The summed E-state index contributed by atoms with van der Waals surface area (Å²) in [6.45, 7) is 2.58. The fraction of sp³-hybridized carbons (Fsp3) is 0.100. The first-order valence-corrected chi connectivity index (χ1v) is 9.02. The Labute approximate surface area is 155 Å². The van der Waals surface area contributed by atoms with Crippen LogP contribution in [-0.4, -0.2) is 11.6 Å². The number of benzene rings is 2. The molecule has 0 N–H and O–H groups in total. The molecule has 3 aromatic rings. The number of thiazole rings is 1. The van der Waals surface area contributed by atoms with Crippen LogP contribution in [0.5, 0.6) is 5.75 Å². The van der Waals surface area contributed by atoms with E-state index in [1.54, 1.807) is 0 Å². The predicted octanol–water partition coefficient (Wildman–Crippen LogP) is 5.93. The number of hydrogen-bond acceptors (Lipinski definition) is 4. The molecule has 0 fully saturated rings. The molecule has 25 heavy (non-hydrogen) atoms. The van der Waals surface area contributed by atoms with Crippen molar-refractivity contribution in [2.24, 2.45) is 0 Å². The van der Waals surface area contributed by atoms with Gasteiger partial charge in [0.05, 0.1) is 17.9 Å². The molecule has 0 radical (unpaired) electrons. The van der Waals surface area contributed by atoms with Gasteiger partial charge in [0.2, 0.25) is 0 Å². The van der Waals surface area contributed by atoms with E-state index in [4.69, 9.17) is 16.3 Å². The van der Waals surface area contributed by atoms with Crippen molar-refractivity contribution in [2.45, 2.75) is 6.92 Å². The van der Waals surface area contributed by atoms with Crippen LogP contribution in [0.4, 0.5) is 0 Å². The molecule has 1 aromatic heterocycles. The molecule has 5 heteroatoms. The summed E-state index contributed by atoms with van der Waals surface area (Å²) in [6.07, 6.45) is 1.83. The number of nitrogens with zero attached hydrogens (tertiary/aromatic N) is 2. The van der Waals surface area contributed by atoms with Crippen LogP contribution in [0.1, 0.15) is 17.5 Å². The van der Waals surface area contributed by atoms with Gasteiger partial charge in [0, 0.05) is 16.0 Å². The average molecular weight is 367 g/mol. The molecule has 0 aliphatic carbocycles. The van der Waals surface area contributed by atoms with E-state index in [1.807, 2.05) is 66.9 Å². The number of halogens is 1. The highest BCUT2D eigenvalue weighted by atomic mass is 35.5. The Morgan fingerprint density at radius 1 is 1.20 bits per heavy atom. The molecule has 0 unspecified atom stereocenters. The Bertz CT molecular complexity index is 922. The third kappa shape index (κ3) is 4.27. The largest absolute Gasteiger partial charge is 0.494 e. The van der Waals surface area contributed by atoms with E-state index < -0.39 is 0 Å². The van der Waals surface area contributed by atoms with Crippen molar-refractivity contribution in [1.29, 1.82) is 5.26 Å². The van der Waals surface area contributed by atoms with Crippen molar-refractivity contribution >= 4 is 34.6 Å². The molecule has 0 aliphatic heterocycles. The molecule has 0 saturated heterocycles. The lowest BCUT2D eigenvalue weighted by Gasteiger charge is -2.02. The SMILES string of the molecule is CCOc1ccc(C=C(C#N)c2nc(-c3ccc(Cl)cc3)cs2)cc1. The Hall–Kier alpha value is -2.61. The maximum atomic E-state index is 9.50. The fourth-order valence-corrected chi connectivity index (χ4v) is 3.21. The van der Waals surface area contributed by atoms with E-state index >= 15 is 0 Å². The van der Waals surface area contributed by atoms with E-state index in [2.05, 4.69) is 11.1 Å². The fourth-order valence-electron chi connectivity index (χ4n) is 2.29. The number of hydrogen-bond donors (Lipinski definition) is 0. The highest BCUT2D eigenvalue weighted by Gasteiger charge is 2.09. The molecule has 3 nitrogen and oxygen atoms in total. The summed E-state index contributed by atoms with van der Waals surface area (Å²) in [6, 6.07) is 17.4. The standard InChI is InChI=1S/C20H15ClN2OS/c1-2-24-18-9-3-14(4-10-18)11-16(12-22)20-23-19(13-25-20)15-5-7-17(21)8-6-15/h3-11,13H,2H2,1H3. The first kappa shape index (κ1) is 17.2. The monoisotopic (exact) mass is 366 g/mol. The van der Waals surface area contributed by atoms with E-state index in [0.29, 0.717) is 22.2 Å². The van der Waals surface area contributed by atoms with Crippen molar-refractivity contribution in [2.75, 3.05) is 6.61 Å². The maximum absolute atomic E-state index is 9.50. The molecule has 0 saturated carbocycles. The first-order chi connectivity index (χ1) is 12.2. The average Bonchev–Trinajstić information content (AvgIpc) is 3.12. The number of ether oxygens (including phenoxy) is 1. The van der Waals surface area contributed by atoms with Crippen LogP contribution in [0.3, 0.4) is 0 Å². The summed E-state index contributed by atoms with van der Waals surface area (Å²) in [7, 11) is 0. The minimum absolute atomic E-state index is 0.536. The molecule has 2 aromatic carbocycles. The Balaban J connectivity index is 1.86. The van der Waals surface area contributed by atoms with Gasteiger partial charge in [-0.3, -0.25) is 0 Å². The number of nitriles is 1. The molecule has 0 aliphatic rings. The van der Waals surface area contributed by atoms with Gasteiger partial charge >= 0.3 is 0 Å². The van der Waals surface area contributed by atoms with E-state index in [9.17, 15) is 5.26 Å². The second-order valence-corrected chi connectivity index (χ2v) is 6.51. The molecule has 0 atom stereocenters. The van der Waals surface area contributed by atoms with Gasteiger partial charge in [0.25, 0.3) is 0 Å². The Morgan fingerprint density at radius 3 is 2.56 bits per heavy atom. The van der Waals surface area contributed by atoms with Crippen LogP contribution in [-0.2, 0) is 0 Å². The van der Waals surface area contributed by atoms with Crippen molar-refractivity contribution in [3.05, 3.63) is 69.5 Å². The lowest BCUT2D eigenvalue weighted by Crippen LogP contribution is -1.90. The summed E-state index contributed by atoms with van der Waals surface area (Å²) >= 11 is 7.37. The van der Waals surface area contributed by atoms with Crippen molar-refractivity contribution in [1.82, 2.24) is 4.98 Å². The second kappa shape index (κ2) is 7.98. The molecule has 0 spiro atoms. The molecule has 3 rings (SSSR count). The Morgan fingerprint density at radius 2 is 1.92 bits per heavy atom. The summed E-state index contributed by atoms with van der Waals surface area (Å²) in [5, 5.41) is 12.8. The summed E-state index contributed by atoms with van der Waals surface area (Å²) in [4.78, 5) is 4.58. The zero-order valence-electron chi connectivity index (χ0n) is 13.6. The zero-order valence-corrected chi connectivity index (χ0v) is 15.1. The van der Waals surface area contributed by atoms with Crippen LogP contribution in [0.25, 0.3) is 22.9 Å². The van der Waals surface area contributed by atoms with Gasteiger partial charge in [-0.25, -0.2) is 4.98 Å². The van der Waals surface area contributed by atoms with Gasteiger partial charge < -0.3 is 4.74 Å². The van der Waals surface area contributed by atoms with Gasteiger partial charge in [0.1, 0.15) is 16.8 Å². The molecule has 0 bridgehead atoms. The summed E-state index contributed by atoms with van der Waals surface area (Å²) in [5.74, 6) is 0.817. The molecular formula is C20H15ClN2OS. The Kier molecular flexibility index (Phi) is 5.49. The van der Waals surface area contributed by atoms with Gasteiger partial charge in [-0.15, -0.1) is 11.3 Å². The minimum Gasteiger partial charge on any atom is -0.494 e. The van der Waals surface area contributed by atoms with Gasteiger partial charge in [-0.2, -0.15) is 5.26 Å². The zero-order chi connectivity index (χ0) is 17.6. The lowest BCUT2D eigenvalue weighted by molar-refractivity contribution is 0.340. The molecule has 0 amide bonds. The van der Waals surface area contributed by atoms with Crippen LogP contribution in [0.15, 0.2) is 53.9 Å². The lowest BCUT2D eigenvalue weighted by atomic mass is 10.1. The molecule has 1 heterocycles. The van der Waals surface area contributed by atoms with Gasteiger partial charge in [0.15, 0.2) is 0 Å². The van der Waals surface area contributed by atoms with Crippen LogP contribution >= 0.6 is 22.9 Å². The maximum Gasteiger partial charge on any atom is 0.134 e. The van der Waals surface area contributed by atoms with E-state index in [-0.39, 0.29) is 0 Å². The molecule has 124 valence electrons. The van der Waals surface area contributed by atoms with E-state index in [1.165, 1.54) is 11.3 Å². The smallest absolute Gasteiger partial charge is 0.134 e. The van der Waals surface area contributed by atoms with Crippen LogP contribution < -0.4 is 4.74 Å². The minimum atomic E-state index is 0.536. The van der Waals surface area contributed by atoms with Gasteiger partial charge in [-0.05, 0) is 42.8 Å². The van der Waals surface area contributed by atoms with E-state index in [0.717, 1.165) is 22.6 Å². The first-order valence-electron chi connectivity index (χ1n) is 7.76. The normalized spacial score (nSPS) is 11.2. The van der Waals surface area contributed by atoms with Crippen molar-refractivity contribution in [3.8, 4) is 23.1 Å². The number of allylic oxidation sites excluding steroid dienone is 1. The van der Waals surface area contributed by atoms with Gasteiger partial charge in [-0.1, -0.05) is 35.9 Å². The molecular weight excluding hydrogens is 352 g/mol. The highest BCUT2D eigenvalue weighted by molar-refractivity contribution is 7.11.